The predicted octanol–water partition coefficient (Wildman–Crippen LogP) is 3.73. The number of nitrogens with zero attached hydrogens (tertiary/aromatic N) is 2. The third-order valence-corrected chi connectivity index (χ3v) is 5.48. The van der Waals surface area contributed by atoms with Crippen molar-refractivity contribution in [3.8, 4) is 0 Å². The maximum atomic E-state index is 9.50. The SMILES string of the molecule is CCC(C)c1nc(N(C)C(CC)CSC)sc1CO. The van der Waals surface area contributed by atoms with Crippen LogP contribution in [0.2, 0.25) is 0 Å². The molecule has 0 amide bonds. The van der Waals surface area contributed by atoms with Crippen LogP contribution in [0.5, 0.6) is 0 Å². The summed E-state index contributed by atoms with van der Waals surface area (Å²) < 4.78 is 0. The standard InChI is InChI=1S/C14H26N2OS2/c1-6-10(3)13-12(8-17)19-14(15-13)16(4)11(7-2)9-18-5/h10-11,17H,6-9H2,1-5H3. The second-order valence-corrected chi connectivity index (χ2v) is 6.87. The summed E-state index contributed by atoms with van der Waals surface area (Å²) in [4.78, 5) is 8.07. The highest BCUT2D eigenvalue weighted by Crippen LogP contribution is 2.33. The van der Waals surface area contributed by atoms with Crippen LogP contribution in [0, 0.1) is 0 Å². The zero-order valence-corrected chi connectivity index (χ0v) is 14.3. The van der Waals surface area contributed by atoms with Crippen molar-refractivity contribution in [3.05, 3.63) is 10.6 Å². The first-order chi connectivity index (χ1) is 9.08. The monoisotopic (exact) mass is 302 g/mol. The quantitative estimate of drug-likeness (QED) is 0.794. The number of aromatic nitrogens is 1. The van der Waals surface area contributed by atoms with Crippen LogP contribution in [0.4, 0.5) is 5.13 Å². The third kappa shape index (κ3) is 4.10. The first-order valence-corrected chi connectivity index (χ1v) is 9.12. The normalized spacial score (nSPS) is 14.4. The van der Waals surface area contributed by atoms with Gasteiger partial charge in [-0.3, -0.25) is 0 Å². The average Bonchev–Trinajstić information content (AvgIpc) is 2.87. The molecule has 110 valence electrons. The zero-order valence-electron chi connectivity index (χ0n) is 12.6. The van der Waals surface area contributed by atoms with Crippen molar-refractivity contribution in [1.29, 1.82) is 0 Å². The summed E-state index contributed by atoms with van der Waals surface area (Å²) >= 11 is 3.51. The van der Waals surface area contributed by atoms with Crippen molar-refractivity contribution in [2.24, 2.45) is 0 Å². The Morgan fingerprint density at radius 3 is 2.53 bits per heavy atom. The maximum absolute atomic E-state index is 9.50. The van der Waals surface area contributed by atoms with Crippen molar-refractivity contribution in [3.63, 3.8) is 0 Å². The molecule has 5 heteroatoms. The summed E-state index contributed by atoms with van der Waals surface area (Å²) in [7, 11) is 2.12. The molecular weight excluding hydrogens is 276 g/mol. The molecule has 0 bridgehead atoms. The molecule has 0 saturated heterocycles. The fourth-order valence-electron chi connectivity index (χ4n) is 2.05. The Labute approximate surface area is 125 Å². The molecule has 0 aromatic carbocycles. The summed E-state index contributed by atoms with van der Waals surface area (Å²) in [6.07, 6.45) is 4.31. The van der Waals surface area contributed by atoms with E-state index in [1.165, 1.54) is 0 Å². The van der Waals surface area contributed by atoms with E-state index in [2.05, 4.69) is 39.0 Å². The lowest BCUT2D eigenvalue weighted by atomic mass is 10.0. The van der Waals surface area contributed by atoms with E-state index in [1.807, 2.05) is 11.8 Å². The maximum Gasteiger partial charge on any atom is 0.185 e. The first kappa shape index (κ1) is 16.8. The van der Waals surface area contributed by atoms with Gasteiger partial charge < -0.3 is 10.0 Å². The Balaban J connectivity index is 2.97. The average molecular weight is 303 g/mol. The number of rotatable bonds is 8. The summed E-state index contributed by atoms with van der Waals surface area (Å²) in [5, 5.41) is 10.5. The molecule has 1 heterocycles. The van der Waals surface area contributed by atoms with E-state index in [0.29, 0.717) is 12.0 Å². The van der Waals surface area contributed by atoms with Crippen molar-refractivity contribution < 1.29 is 5.11 Å². The summed E-state index contributed by atoms with van der Waals surface area (Å²) in [6, 6.07) is 0.512. The highest BCUT2D eigenvalue weighted by Gasteiger charge is 2.20. The van der Waals surface area contributed by atoms with Crippen LogP contribution in [-0.4, -0.2) is 35.2 Å². The molecule has 0 aliphatic carbocycles. The fraction of sp³-hybridized carbons (Fsp3) is 0.786. The van der Waals surface area contributed by atoms with E-state index >= 15 is 0 Å². The number of hydrogen-bond donors (Lipinski definition) is 1. The molecule has 1 rings (SSSR count). The Bertz CT molecular complexity index is 382. The van der Waals surface area contributed by atoms with Crippen LogP contribution in [0.15, 0.2) is 0 Å². The van der Waals surface area contributed by atoms with Gasteiger partial charge in [-0.15, -0.1) is 0 Å². The van der Waals surface area contributed by atoms with Crippen LogP contribution in [-0.2, 0) is 6.61 Å². The first-order valence-electron chi connectivity index (χ1n) is 6.91. The number of aliphatic hydroxyl groups excluding tert-OH is 1. The Kier molecular flexibility index (Phi) is 7.18. The second-order valence-electron chi connectivity index (χ2n) is 4.90. The third-order valence-electron chi connectivity index (χ3n) is 3.62. The molecule has 1 aromatic rings. The van der Waals surface area contributed by atoms with E-state index in [-0.39, 0.29) is 6.61 Å². The Morgan fingerprint density at radius 2 is 2.05 bits per heavy atom. The van der Waals surface area contributed by atoms with Gasteiger partial charge in [-0.2, -0.15) is 11.8 Å². The lowest BCUT2D eigenvalue weighted by molar-refractivity contribution is 0.283. The van der Waals surface area contributed by atoms with Crippen LogP contribution in [0.1, 0.15) is 50.1 Å². The van der Waals surface area contributed by atoms with Gasteiger partial charge in [0, 0.05) is 18.8 Å². The summed E-state index contributed by atoms with van der Waals surface area (Å²) in [6.45, 7) is 6.66. The van der Waals surface area contributed by atoms with Crippen LogP contribution >= 0.6 is 23.1 Å². The van der Waals surface area contributed by atoms with Gasteiger partial charge in [-0.1, -0.05) is 32.1 Å². The molecule has 0 fully saturated rings. The van der Waals surface area contributed by atoms with Crippen LogP contribution in [0.25, 0.3) is 0 Å². The highest BCUT2D eigenvalue weighted by molar-refractivity contribution is 7.98. The Hall–Kier alpha value is -0.260. The molecule has 0 spiro atoms. The zero-order chi connectivity index (χ0) is 14.4. The van der Waals surface area contributed by atoms with Gasteiger partial charge in [-0.25, -0.2) is 4.98 Å². The molecule has 0 saturated carbocycles. The van der Waals surface area contributed by atoms with Crippen molar-refractivity contribution in [2.45, 2.75) is 52.2 Å². The highest BCUT2D eigenvalue weighted by atomic mass is 32.2. The molecule has 19 heavy (non-hydrogen) atoms. The molecule has 1 N–H and O–H groups in total. The molecular formula is C14H26N2OS2. The van der Waals surface area contributed by atoms with Crippen molar-refractivity contribution in [1.82, 2.24) is 4.98 Å². The number of hydrogen-bond acceptors (Lipinski definition) is 5. The second kappa shape index (κ2) is 8.12. The molecule has 0 aliphatic rings. The van der Waals surface area contributed by atoms with Gasteiger partial charge in [0.05, 0.1) is 17.2 Å². The predicted molar refractivity (Wildman–Crippen MR) is 87.6 cm³/mol. The summed E-state index contributed by atoms with van der Waals surface area (Å²) in [5.41, 5.74) is 1.08. The number of anilines is 1. The van der Waals surface area contributed by atoms with Crippen molar-refractivity contribution >= 4 is 28.2 Å². The van der Waals surface area contributed by atoms with Gasteiger partial charge in [0.25, 0.3) is 0 Å². The van der Waals surface area contributed by atoms with Gasteiger partial charge in [-0.05, 0) is 25.0 Å². The fourth-order valence-corrected chi connectivity index (χ4v) is 3.96. The van der Waals surface area contributed by atoms with E-state index in [9.17, 15) is 5.11 Å². The van der Waals surface area contributed by atoms with Crippen LogP contribution < -0.4 is 4.90 Å². The van der Waals surface area contributed by atoms with E-state index in [0.717, 1.165) is 34.3 Å². The molecule has 3 nitrogen and oxygen atoms in total. The van der Waals surface area contributed by atoms with Gasteiger partial charge in [0.15, 0.2) is 5.13 Å². The molecule has 0 aliphatic heterocycles. The lowest BCUT2D eigenvalue weighted by Crippen LogP contribution is -2.33. The largest absolute Gasteiger partial charge is 0.391 e. The van der Waals surface area contributed by atoms with E-state index < -0.39 is 0 Å². The Morgan fingerprint density at radius 1 is 1.37 bits per heavy atom. The lowest BCUT2D eigenvalue weighted by Gasteiger charge is -2.26. The molecule has 2 unspecified atom stereocenters. The van der Waals surface area contributed by atoms with Gasteiger partial charge in [0.2, 0.25) is 0 Å². The van der Waals surface area contributed by atoms with Gasteiger partial charge >= 0.3 is 0 Å². The van der Waals surface area contributed by atoms with Gasteiger partial charge in [0.1, 0.15) is 0 Å². The van der Waals surface area contributed by atoms with E-state index in [4.69, 9.17) is 4.98 Å². The van der Waals surface area contributed by atoms with Crippen LogP contribution in [0.3, 0.4) is 0 Å². The minimum Gasteiger partial charge on any atom is -0.391 e. The topological polar surface area (TPSA) is 36.4 Å². The number of thiazole rings is 1. The molecule has 2 atom stereocenters. The number of aliphatic hydroxyl groups is 1. The smallest absolute Gasteiger partial charge is 0.185 e. The molecule has 0 radical (unpaired) electrons. The summed E-state index contributed by atoms with van der Waals surface area (Å²) in [5.74, 6) is 1.53. The minimum absolute atomic E-state index is 0.102. The van der Waals surface area contributed by atoms with E-state index in [1.54, 1.807) is 11.3 Å². The minimum atomic E-state index is 0.102. The molecule has 1 aromatic heterocycles. The van der Waals surface area contributed by atoms with Crippen molar-refractivity contribution in [2.75, 3.05) is 24.0 Å². The number of thioether (sulfide) groups is 1.